The monoisotopic (exact) mass is 775 g/mol. The Bertz CT molecular complexity index is 2510. The van der Waals surface area contributed by atoms with E-state index >= 15 is 0 Å². The highest BCUT2D eigenvalue weighted by Gasteiger charge is 2.44. The number of pyridine rings is 1. The molecule has 3 aromatic carbocycles. The molecule has 0 bridgehead atoms. The minimum absolute atomic E-state index is 0.00202. The first kappa shape index (κ1) is 36.4. The second-order valence-electron chi connectivity index (χ2n) is 13.8. The number of sulfone groups is 1. The molecule has 0 aliphatic carbocycles. The van der Waals surface area contributed by atoms with Gasteiger partial charge in [-0.2, -0.15) is 4.98 Å². The summed E-state index contributed by atoms with van der Waals surface area (Å²) >= 11 is 0. The first-order chi connectivity index (χ1) is 26.9. The van der Waals surface area contributed by atoms with Crippen LogP contribution >= 0.6 is 0 Å². The summed E-state index contributed by atoms with van der Waals surface area (Å²) in [6.45, 7) is 2.78. The molecule has 1 atom stereocenters. The van der Waals surface area contributed by atoms with Crippen molar-refractivity contribution < 1.29 is 32.4 Å². The normalized spacial score (nSPS) is 17.3. The zero-order chi connectivity index (χ0) is 39.1. The van der Waals surface area contributed by atoms with Crippen LogP contribution in [0.2, 0.25) is 0 Å². The lowest BCUT2D eigenvalue weighted by atomic mass is 10.0. The standard InChI is InChI=1S/C39H37N9O7S/c1-56(54,55)28-12-5-24(6-13-28)31-3-2-4-33-42-39(44-48(31)33)41-25-7-10-27(11-8-25)45-19-21-46(22-20-45)35(50)17-18-40-26-9-14-29-30(23-26)38(53)47(37(29)52)32-15-16-34(49)43-36(32)51/h2-14,23,32,40H,15-22H2,1H3,(H,41,44)(H,43,49,51). The van der Waals surface area contributed by atoms with E-state index in [0.717, 1.165) is 27.5 Å². The van der Waals surface area contributed by atoms with E-state index in [0.29, 0.717) is 50.0 Å². The summed E-state index contributed by atoms with van der Waals surface area (Å²) < 4.78 is 25.5. The first-order valence-corrected chi connectivity index (χ1v) is 20.0. The van der Waals surface area contributed by atoms with E-state index in [1.807, 2.05) is 47.4 Å². The van der Waals surface area contributed by atoms with Crippen LogP contribution in [0.25, 0.3) is 16.9 Å². The van der Waals surface area contributed by atoms with Gasteiger partial charge in [0.2, 0.25) is 23.7 Å². The van der Waals surface area contributed by atoms with Crippen LogP contribution in [0.1, 0.15) is 40.0 Å². The third-order valence-corrected chi connectivity index (χ3v) is 11.3. The lowest BCUT2D eigenvalue weighted by Crippen LogP contribution is -2.54. The zero-order valence-corrected chi connectivity index (χ0v) is 31.1. The first-order valence-electron chi connectivity index (χ1n) is 18.1. The van der Waals surface area contributed by atoms with E-state index in [9.17, 15) is 32.4 Å². The Morgan fingerprint density at radius 2 is 1.57 bits per heavy atom. The SMILES string of the molecule is CS(=O)(=O)c1ccc(-c2cccc3nc(Nc4ccc(N5CCN(C(=O)CCNc6ccc7c(c6)C(=O)N(C6CCC(=O)NC6=O)C7=O)CC5)cc4)nn23)cc1. The molecule has 3 N–H and O–H groups in total. The van der Waals surface area contributed by atoms with Gasteiger partial charge in [-0.25, -0.2) is 12.9 Å². The number of nitrogens with one attached hydrogen (secondary N) is 3. The average Bonchev–Trinajstić information content (AvgIpc) is 3.71. The highest BCUT2D eigenvalue weighted by molar-refractivity contribution is 7.90. The minimum Gasteiger partial charge on any atom is -0.385 e. The Balaban J connectivity index is 0.818. The summed E-state index contributed by atoms with van der Waals surface area (Å²) in [7, 11) is -3.30. The highest BCUT2D eigenvalue weighted by atomic mass is 32.2. The molecular weight excluding hydrogens is 739 g/mol. The molecule has 2 fully saturated rings. The molecule has 8 rings (SSSR count). The summed E-state index contributed by atoms with van der Waals surface area (Å²) in [5, 5.41) is 13.3. The van der Waals surface area contributed by atoms with E-state index in [-0.39, 0.29) is 41.2 Å². The van der Waals surface area contributed by atoms with E-state index in [2.05, 4.69) is 30.9 Å². The van der Waals surface area contributed by atoms with Crippen LogP contribution in [0.15, 0.2) is 89.8 Å². The van der Waals surface area contributed by atoms with E-state index in [4.69, 9.17) is 0 Å². The van der Waals surface area contributed by atoms with Crippen molar-refractivity contribution in [1.29, 1.82) is 0 Å². The predicted molar refractivity (Wildman–Crippen MR) is 206 cm³/mol. The molecule has 5 aromatic rings. The number of hydrogen-bond donors (Lipinski definition) is 3. The molecule has 3 aliphatic heterocycles. The Labute approximate surface area is 321 Å². The Kier molecular flexibility index (Phi) is 9.45. The largest absolute Gasteiger partial charge is 0.385 e. The predicted octanol–water partition coefficient (Wildman–Crippen LogP) is 3.10. The molecule has 16 nitrogen and oxygen atoms in total. The molecule has 286 valence electrons. The van der Waals surface area contributed by atoms with Crippen molar-refractivity contribution in [3.8, 4) is 11.3 Å². The van der Waals surface area contributed by atoms with Gasteiger partial charge in [0.25, 0.3) is 11.8 Å². The van der Waals surface area contributed by atoms with Gasteiger partial charge < -0.3 is 20.4 Å². The quantitative estimate of drug-likeness (QED) is 0.176. The summed E-state index contributed by atoms with van der Waals surface area (Å²) in [6, 6.07) is 23.9. The summed E-state index contributed by atoms with van der Waals surface area (Å²) in [5.74, 6) is -1.82. The van der Waals surface area contributed by atoms with Gasteiger partial charge in [-0.15, -0.1) is 5.10 Å². The van der Waals surface area contributed by atoms with Crippen molar-refractivity contribution in [2.75, 3.05) is 54.5 Å². The van der Waals surface area contributed by atoms with Crippen LogP contribution in [-0.4, -0.2) is 107 Å². The average molecular weight is 776 g/mol. The molecule has 2 saturated heterocycles. The third kappa shape index (κ3) is 7.15. The summed E-state index contributed by atoms with van der Waals surface area (Å²) in [6.07, 6.45) is 1.55. The van der Waals surface area contributed by atoms with Crippen molar-refractivity contribution in [1.82, 2.24) is 29.7 Å². The Morgan fingerprint density at radius 1 is 0.857 bits per heavy atom. The molecule has 3 aliphatic rings. The van der Waals surface area contributed by atoms with Crippen LogP contribution in [0.5, 0.6) is 0 Å². The Hall–Kier alpha value is -6.62. The molecule has 0 radical (unpaired) electrons. The van der Waals surface area contributed by atoms with E-state index in [1.165, 1.54) is 12.3 Å². The minimum atomic E-state index is -3.30. The fraction of sp³-hybridized carbons (Fsp3) is 0.256. The van der Waals surface area contributed by atoms with Crippen molar-refractivity contribution in [2.45, 2.75) is 30.2 Å². The number of anilines is 4. The van der Waals surface area contributed by atoms with Crippen LogP contribution < -0.4 is 20.9 Å². The molecule has 1 unspecified atom stereocenters. The summed E-state index contributed by atoms with van der Waals surface area (Å²) in [4.78, 5) is 72.9. The van der Waals surface area contributed by atoms with Gasteiger partial charge in [-0.05, 0) is 73.2 Å². The van der Waals surface area contributed by atoms with Crippen LogP contribution in [-0.2, 0) is 24.2 Å². The number of aromatic nitrogens is 3. The van der Waals surface area contributed by atoms with Crippen molar-refractivity contribution >= 4 is 68.0 Å². The molecule has 56 heavy (non-hydrogen) atoms. The van der Waals surface area contributed by atoms with Gasteiger partial charge in [0.15, 0.2) is 15.5 Å². The maximum absolute atomic E-state index is 13.1. The number of piperidine rings is 1. The Morgan fingerprint density at radius 3 is 2.29 bits per heavy atom. The van der Waals surface area contributed by atoms with Crippen LogP contribution in [0.4, 0.5) is 23.0 Å². The van der Waals surface area contributed by atoms with Crippen LogP contribution in [0, 0.1) is 0 Å². The fourth-order valence-electron chi connectivity index (χ4n) is 7.20. The number of rotatable bonds is 10. The maximum Gasteiger partial charge on any atom is 0.262 e. The second kappa shape index (κ2) is 14.6. The number of hydrogen-bond acceptors (Lipinski definition) is 12. The van der Waals surface area contributed by atoms with Gasteiger partial charge in [-0.1, -0.05) is 18.2 Å². The number of carbonyl (C=O) groups is 5. The smallest absolute Gasteiger partial charge is 0.262 e. The number of piperazine rings is 1. The van der Waals surface area contributed by atoms with Gasteiger partial charge >= 0.3 is 0 Å². The third-order valence-electron chi connectivity index (χ3n) is 10.2. The number of nitrogens with zero attached hydrogens (tertiary/aromatic N) is 6. The summed E-state index contributed by atoms with van der Waals surface area (Å²) in [5.41, 5.74) is 4.98. The molecule has 0 saturated carbocycles. The lowest BCUT2D eigenvalue weighted by Gasteiger charge is -2.36. The van der Waals surface area contributed by atoms with Crippen molar-refractivity contribution in [2.24, 2.45) is 0 Å². The van der Waals surface area contributed by atoms with Crippen molar-refractivity contribution in [3.63, 3.8) is 0 Å². The number of carbonyl (C=O) groups excluding carboxylic acids is 5. The van der Waals surface area contributed by atoms with Gasteiger partial charge in [0, 0.05) is 74.4 Å². The van der Waals surface area contributed by atoms with Crippen LogP contribution in [0.3, 0.4) is 0 Å². The highest BCUT2D eigenvalue weighted by Crippen LogP contribution is 2.30. The van der Waals surface area contributed by atoms with Crippen molar-refractivity contribution in [3.05, 3.63) is 96.1 Å². The van der Waals surface area contributed by atoms with E-state index < -0.39 is 39.5 Å². The molecular formula is C39H37N9O7S. The number of amides is 5. The maximum atomic E-state index is 13.1. The van der Waals surface area contributed by atoms with Gasteiger partial charge in [-0.3, -0.25) is 34.2 Å². The topological polar surface area (TPSA) is 195 Å². The fourth-order valence-corrected chi connectivity index (χ4v) is 7.83. The molecule has 5 heterocycles. The van der Waals surface area contributed by atoms with Gasteiger partial charge in [0.05, 0.1) is 21.7 Å². The number of benzene rings is 3. The number of imide groups is 2. The van der Waals surface area contributed by atoms with E-state index in [1.54, 1.807) is 40.9 Å². The lowest BCUT2D eigenvalue weighted by molar-refractivity contribution is -0.136. The molecule has 5 amide bonds. The molecule has 17 heteroatoms. The molecule has 0 spiro atoms. The molecule has 2 aromatic heterocycles. The second-order valence-corrected chi connectivity index (χ2v) is 15.9. The zero-order valence-electron chi connectivity index (χ0n) is 30.3. The van der Waals surface area contributed by atoms with Gasteiger partial charge in [0.1, 0.15) is 6.04 Å². The number of fused-ring (bicyclic) bond motifs is 2.